The van der Waals surface area contributed by atoms with Crippen molar-refractivity contribution in [3.63, 3.8) is 0 Å². The Kier molecular flexibility index (Phi) is 4.17. The Hall–Kier alpha value is -1.49. The van der Waals surface area contributed by atoms with Crippen molar-refractivity contribution in [2.75, 3.05) is 0 Å². The summed E-state index contributed by atoms with van der Waals surface area (Å²) < 4.78 is 39.8. The Morgan fingerprint density at radius 2 is 2.12 bits per heavy atom. The average molecular weight is 311 g/mol. The minimum atomic E-state index is -4.86. The third-order valence-corrected chi connectivity index (χ3v) is 2.25. The van der Waals surface area contributed by atoms with Gasteiger partial charge in [-0.05, 0) is 0 Å². The standard InChI is InChI=1S/C9H6BrF3N2O2/c10-4-6-8(17-9(11,12)13)3-7(16)5(15-6)1-2-14/h3,16H,1,4H2. The van der Waals surface area contributed by atoms with Crippen LogP contribution in [0.1, 0.15) is 11.4 Å². The third-order valence-electron chi connectivity index (χ3n) is 1.72. The number of alkyl halides is 4. The Morgan fingerprint density at radius 1 is 1.47 bits per heavy atom. The van der Waals surface area contributed by atoms with E-state index in [0.717, 1.165) is 6.07 Å². The molecule has 4 nitrogen and oxygen atoms in total. The number of aromatic nitrogens is 1. The zero-order valence-electron chi connectivity index (χ0n) is 8.25. The maximum atomic E-state index is 12.0. The van der Waals surface area contributed by atoms with Gasteiger partial charge in [0.25, 0.3) is 0 Å². The first-order valence-corrected chi connectivity index (χ1v) is 5.40. The summed E-state index contributed by atoms with van der Waals surface area (Å²) in [4.78, 5) is 3.72. The van der Waals surface area contributed by atoms with Gasteiger partial charge in [-0.25, -0.2) is 4.98 Å². The molecule has 8 heteroatoms. The molecule has 0 bridgehead atoms. The number of halogens is 4. The number of rotatable bonds is 3. The van der Waals surface area contributed by atoms with Crippen molar-refractivity contribution in [2.45, 2.75) is 18.1 Å². The van der Waals surface area contributed by atoms with Gasteiger partial charge >= 0.3 is 6.36 Å². The Morgan fingerprint density at radius 3 is 2.59 bits per heavy atom. The monoisotopic (exact) mass is 310 g/mol. The van der Waals surface area contributed by atoms with Gasteiger partial charge in [-0.2, -0.15) is 5.26 Å². The molecule has 1 N–H and O–H groups in total. The first kappa shape index (κ1) is 13.6. The maximum absolute atomic E-state index is 12.0. The van der Waals surface area contributed by atoms with Crippen LogP contribution in [0.5, 0.6) is 11.5 Å². The van der Waals surface area contributed by atoms with Crippen LogP contribution in [-0.2, 0) is 11.8 Å². The number of aromatic hydroxyl groups is 1. The van der Waals surface area contributed by atoms with E-state index in [1.807, 2.05) is 0 Å². The van der Waals surface area contributed by atoms with Crippen molar-refractivity contribution < 1.29 is 23.0 Å². The quantitative estimate of drug-likeness (QED) is 0.872. The van der Waals surface area contributed by atoms with Gasteiger partial charge in [0.05, 0.1) is 23.9 Å². The van der Waals surface area contributed by atoms with E-state index in [4.69, 9.17) is 5.26 Å². The summed E-state index contributed by atoms with van der Waals surface area (Å²) in [5.74, 6) is -1.09. The molecule has 0 saturated carbocycles. The van der Waals surface area contributed by atoms with E-state index < -0.39 is 17.9 Å². The van der Waals surface area contributed by atoms with Crippen molar-refractivity contribution in [1.82, 2.24) is 4.98 Å². The largest absolute Gasteiger partial charge is 0.573 e. The number of hydrogen-bond acceptors (Lipinski definition) is 4. The smallest absolute Gasteiger partial charge is 0.506 e. The second-order valence-electron chi connectivity index (χ2n) is 2.92. The predicted octanol–water partition coefficient (Wildman–Crippen LogP) is 2.65. The Balaban J connectivity index is 3.15. The van der Waals surface area contributed by atoms with Crippen LogP contribution in [0.3, 0.4) is 0 Å². The van der Waals surface area contributed by atoms with E-state index >= 15 is 0 Å². The maximum Gasteiger partial charge on any atom is 0.573 e. The fourth-order valence-electron chi connectivity index (χ4n) is 1.08. The number of ether oxygens (including phenoxy) is 1. The molecule has 1 aromatic heterocycles. The lowest BCUT2D eigenvalue weighted by Gasteiger charge is -2.13. The highest BCUT2D eigenvalue weighted by atomic mass is 79.9. The summed E-state index contributed by atoms with van der Waals surface area (Å²) in [5, 5.41) is 17.8. The van der Waals surface area contributed by atoms with Gasteiger partial charge in [-0.15, -0.1) is 13.2 Å². The average Bonchev–Trinajstić information content (AvgIpc) is 2.20. The van der Waals surface area contributed by atoms with Gasteiger partial charge < -0.3 is 9.84 Å². The van der Waals surface area contributed by atoms with Crippen LogP contribution in [0.15, 0.2) is 6.07 Å². The van der Waals surface area contributed by atoms with Gasteiger partial charge in [0.15, 0.2) is 5.75 Å². The molecule has 1 heterocycles. The van der Waals surface area contributed by atoms with Crippen molar-refractivity contribution in [3.8, 4) is 17.6 Å². The lowest BCUT2D eigenvalue weighted by molar-refractivity contribution is -0.275. The molecule has 1 aromatic rings. The van der Waals surface area contributed by atoms with Crippen LogP contribution in [0.4, 0.5) is 13.2 Å². The molecule has 0 aliphatic carbocycles. The third kappa shape index (κ3) is 3.78. The highest BCUT2D eigenvalue weighted by Gasteiger charge is 2.32. The summed E-state index contributed by atoms with van der Waals surface area (Å²) in [6, 6.07) is 2.54. The topological polar surface area (TPSA) is 66.1 Å². The van der Waals surface area contributed by atoms with Crippen LogP contribution in [-0.4, -0.2) is 16.5 Å². The molecule has 0 aliphatic rings. The molecule has 92 valence electrons. The van der Waals surface area contributed by atoms with Gasteiger partial charge in [0.1, 0.15) is 5.75 Å². The van der Waals surface area contributed by atoms with E-state index in [2.05, 4.69) is 25.7 Å². The first-order valence-electron chi connectivity index (χ1n) is 4.27. The second-order valence-corrected chi connectivity index (χ2v) is 3.48. The molecule has 0 saturated heterocycles. The van der Waals surface area contributed by atoms with Crippen LogP contribution < -0.4 is 4.74 Å². The van der Waals surface area contributed by atoms with E-state index in [1.165, 1.54) is 0 Å². The second kappa shape index (κ2) is 5.23. The Bertz CT molecular complexity index is 457. The predicted molar refractivity (Wildman–Crippen MR) is 54.5 cm³/mol. The number of nitrogens with zero attached hydrogens (tertiary/aromatic N) is 2. The molecule has 0 unspecified atom stereocenters. The zero-order chi connectivity index (χ0) is 13.1. The normalized spacial score (nSPS) is 11.0. The zero-order valence-corrected chi connectivity index (χ0v) is 9.84. The van der Waals surface area contributed by atoms with Gasteiger partial charge in [-0.3, -0.25) is 0 Å². The van der Waals surface area contributed by atoms with Crippen molar-refractivity contribution in [3.05, 3.63) is 17.5 Å². The van der Waals surface area contributed by atoms with Gasteiger partial charge in [-0.1, -0.05) is 15.9 Å². The molecule has 0 spiro atoms. The minimum absolute atomic E-state index is 0.0106. The molecule has 0 amide bonds. The summed E-state index contributed by atoms with van der Waals surface area (Å²) in [6.07, 6.45) is -5.06. The number of hydrogen-bond donors (Lipinski definition) is 1. The van der Waals surface area contributed by atoms with Crippen LogP contribution in [0, 0.1) is 11.3 Å². The summed E-state index contributed by atoms with van der Waals surface area (Å²) in [7, 11) is 0. The summed E-state index contributed by atoms with van der Waals surface area (Å²) in [6.45, 7) is 0. The molecule has 0 aliphatic heterocycles. The van der Waals surface area contributed by atoms with Crippen LogP contribution in [0.25, 0.3) is 0 Å². The highest BCUT2D eigenvalue weighted by Crippen LogP contribution is 2.31. The first-order chi connectivity index (χ1) is 7.87. The molecule has 17 heavy (non-hydrogen) atoms. The van der Waals surface area contributed by atoms with E-state index in [9.17, 15) is 18.3 Å². The number of nitriles is 1. The molecular formula is C9H6BrF3N2O2. The van der Waals surface area contributed by atoms with Crippen LogP contribution >= 0.6 is 15.9 Å². The lowest BCUT2D eigenvalue weighted by atomic mass is 10.2. The highest BCUT2D eigenvalue weighted by molar-refractivity contribution is 9.08. The minimum Gasteiger partial charge on any atom is -0.506 e. The summed E-state index contributed by atoms with van der Waals surface area (Å²) in [5.41, 5.74) is -0.0261. The SMILES string of the molecule is N#CCc1nc(CBr)c(OC(F)(F)F)cc1O. The van der Waals surface area contributed by atoms with Crippen molar-refractivity contribution in [1.29, 1.82) is 5.26 Å². The van der Waals surface area contributed by atoms with E-state index in [0.29, 0.717) is 0 Å². The summed E-state index contributed by atoms with van der Waals surface area (Å²) >= 11 is 2.95. The molecule has 0 atom stereocenters. The van der Waals surface area contributed by atoms with E-state index in [1.54, 1.807) is 6.07 Å². The molecular weight excluding hydrogens is 305 g/mol. The van der Waals surface area contributed by atoms with Crippen molar-refractivity contribution in [2.24, 2.45) is 0 Å². The van der Waals surface area contributed by atoms with E-state index in [-0.39, 0.29) is 23.1 Å². The number of pyridine rings is 1. The van der Waals surface area contributed by atoms with Crippen molar-refractivity contribution >= 4 is 15.9 Å². The lowest BCUT2D eigenvalue weighted by Crippen LogP contribution is -2.18. The molecule has 0 radical (unpaired) electrons. The molecule has 1 rings (SSSR count). The van der Waals surface area contributed by atoms with Gasteiger partial charge in [0.2, 0.25) is 0 Å². The molecule has 0 aromatic carbocycles. The Labute approximate surface area is 103 Å². The van der Waals surface area contributed by atoms with Crippen LogP contribution in [0.2, 0.25) is 0 Å². The fourth-order valence-corrected chi connectivity index (χ4v) is 1.48. The van der Waals surface area contributed by atoms with Gasteiger partial charge in [0, 0.05) is 11.4 Å². The molecule has 0 fully saturated rings. The fraction of sp³-hybridized carbons (Fsp3) is 0.333.